The van der Waals surface area contributed by atoms with E-state index in [1.807, 2.05) is 0 Å². The molecule has 3 amide bonds. The third-order valence-electron chi connectivity index (χ3n) is 17.5. The Morgan fingerprint density at radius 2 is 0.635 bits per heavy atom. The number of nitrogens with one attached hydrogen (secondary N) is 3. The summed E-state index contributed by atoms with van der Waals surface area (Å²) < 4.78 is 160. The van der Waals surface area contributed by atoms with Crippen LogP contribution >= 0.6 is 76.2 Å². The van der Waals surface area contributed by atoms with Crippen molar-refractivity contribution in [1.82, 2.24) is 16.0 Å². The highest BCUT2D eigenvalue weighted by Crippen LogP contribution is 2.55. The van der Waals surface area contributed by atoms with Crippen molar-refractivity contribution >= 4 is 100 Å². The maximum Gasteiger partial charge on any atom is 0.515 e. The first-order chi connectivity index (χ1) is 54.8. The molecule has 0 saturated carbocycles. The van der Waals surface area contributed by atoms with E-state index in [0.29, 0.717) is 89.0 Å². The van der Waals surface area contributed by atoms with E-state index < -0.39 is 168 Å². The normalized spacial score (nSPS) is 26.5. The first kappa shape index (κ1) is 106. The number of hydrogen-bond acceptors (Lipinski definition) is 36. The summed E-state index contributed by atoms with van der Waals surface area (Å²) in [7, 11) is 0. The number of aliphatic hydroxyl groups excluding tert-OH is 9. The van der Waals surface area contributed by atoms with Crippen molar-refractivity contribution in [2.45, 2.75) is 228 Å². The molecule has 3 heterocycles. The van der Waals surface area contributed by atoms with Crippen LogP contribution in [0.5, 0.6) is 0 Å². The van der Waals surface area contributed by atoms with Gasteiger partial charge in [-0.15, -0.1) is 0 Å². The summed E-state index contributed by atoms with van der Waals surface area (Å²) in [6, 6.07) is 5.54. The lowest BCUT2D eigenvalue weighted by Crippen LogP contribution is -2.64. The largest absolute Gasteiger partial charge is 0.515 e. The van der Waals surface area contributed by atoms with Gasteiger partial charge < -0.3 is 146 Å². The Balaban J connectivity index is 1.31. The molecule has 3 aliphatic heterocycles. The summed E-state index contributed by atoms with van der Waals surface area (Å²) in [6.07, 6.45) is -8.61. The number of rotatable bonds is 65. The SMILES string of the molecule is CC(=O)NC1[C@H](OCCCCCCOP(=O)(S)OCCCOCC(COCCCCOP(=O)(S)OC(=O)OCc2ccccc2)(COCCCOP(=O)(S)OCCCCCCO[C@@H]2OC(CO)[C@@H](O)[C@H](O)C2NC(C)=O)COCCCOP(=O)(S)OCCCCCCO[C@@H]2OC(CO)[C@H](O)[C@H](O)C2NC(C)=O)OC(CO)[C@@H](O)[C@@H]1O. The van der Waals surface area contributed by atoms with Gasteiger partial charge in [0.15, 0.2) is 18.9 Å². The van der Waals surface area contributed by atoms with E-state index in [1.165, 1.54) is 20.8 Å². The van der Waals surface area contributed by atoms with Crippen LogP contribution in [0.15, 0.2) is 30.3 Å². The molecule has 1 aromatic carbocycles. The van der Waals surface area contributed by atoms with Crippen LogP contribution in [0.2, 0.25) is 0 Å². The van der Waals surface area contributed by atoms with Gasteiger partial charge in [-0.25, -0.2) is 23.1 Å². The molecule has 3 saturated heterocycles. The van der Waals surface area contributed by atoms with E-state index in [4.69, 9.17) is 88.3 Å². The number of benzene rings is 1. The predicted octanol–water partition coefficient (Wildman–Crippen LogP) is 5.17. The van der Waals surface area contributed by atoms with Gasteiger partial charge in [-0.1, -0.05) is 106 Å². The molecule has 670 valence electrons. The van der Waals surface area contributed by atoms with Crippen LogP contribution in [0.4, 0.5) is 4.79 Å². The lowest BCUT2D eigenvalue weighted by atomic mass is 9.92. The fraction of sp³-hybridized carbons (Fsp3) is 0.853. The Hall–Kier alpha value is -1.82. The van der Waals surface area contributed by atoms with Crippen molar-refractivity contribution in [1.29, 1.82) is 0 Å². The van der Waals surface area contributed by atoms with Gasteiger partial charge in [-0.3, -0.25) is 18.9 Å². The van der Waals surface area contributed by atoms with Gasteiger partial charge in [0.25, 0.3) is 0 Å². The molecule has 3 aliphatic rings. The summed E-state index contributed by atoms with van der Waals surface area (Å²) in [4.78, 5) is 47.6. The molecule has 3 fully saturated rings. The van der Waals surface area contributed by atoms with Crippen molar-refractivity contribution in [2.24, 2.45) is 5.41 Å². The topological polar surface area (TPSA) is 530 Å². The van der Waals surface area contributed by atoms with Crippen LogP contribution in [0.25, 0.3) is 0 Å². The van der Waals surface area contributed by atoms with Crippen molar-refractivity contribution in [3.63, 3.8) is 0 Å². The minimum Gasteiger partial charge on any atom is -0.429 e. The lowest BCUT2D eigenvalue weighted by Gasteiger charge is -2.42. The molecule has 0 radical (unpaired) electrons. The number of hydrogen-bond donors (Lipinski definition) is 16. The van der Waals surface area contributed by atoms with E-state index in [2.05, 4.69) is 64.9 Å². The lowest BCUT2D eigenvalue weighted by molar-refractivity contribution is -0.270. The zero-order valence-electron chi connectivity index (χ0n) is 65.2. The Labute approximate surface area is 692 Å². The number of unbranched alkanes of at least 4 members (excludes halogenated alkanes) is 10. The van der Waals surface area contributed by atoms with Gasteiger partial charge in [0, 0.05) is 67.0 Å². The zero-order valence-corrected chi connectivity index (χ0v) is 72.4. The summed E-state index contributed by atoms with van der Waals surface area (Å²) in [6.45, 7) is -13.6. The van der Waals surface area contributed by atoms with Gasteiger partial charge in [0.2, 0.25) is 17.7 Å². The molecular formula is C68H123N3O36P4S4. The Morgan fingerprint density at radius 1 is 0.374 bits per heavy atom. The van der Waals surface area contributed by atoms with Crippen LogP contribution in [0, 0.1) is 5.41 Å². The third-order valence-corrected chi connectivity index (χ3v) is 24.1. The number of carbonyl (C=O) groups excluding carboxylic acids is 4. The molecular weight excluding hydrogens is 1690 g/mol. The highest BCUT2D eigenvalue weighted by Gasteiger charge is 2.48. The fourth-order valence-electron chi connectivity index (χ4n) is 11.5. The molecule has 0 bridgehead atoms. The fourth-order valence-corrected chi connectivity index (χ4v) is 16.5. The average Bonchev–Trinajstić information content (AvgIpc) is 0.905. The van der Waals surface area contributed by atoms with Crippen LogP contribution in [-0.4, -0.2) is 301 Å². The molecule has 12 N–H and O–H groups in total. The standard InChI is InChI=1S/C68H123N3O36P4S4/c1-48(75)69-55-61(81)58(78)52(40-72)104-64(55)93-30-13-4-7-16-33-97-108(85,112)100-37-21-27-90-45-68(44-89-26-19-20-36-103-111(88,115)107-67(84)96-43-51-24-11-10-12-25-51,46-91-28-22-38-101-109(86,113)98-34-17-8-5-14-31-94-65-56(70-49(2)76)62(82)59(79)53(41-73)105-65)47-92-29-23-39-102-110(87,114)99-35-18-9-6-15-32-95-66-57(71-50(3)77)63(83)60(80)54(42-74)106-66/h10-12,24-25,52-66,72-74,78-83H,4-9,13-23,26-47H2,1-3H3,(H,69,75)(H,70,76)(H,71,77)(H,85,112)(H,86,113)(H,87,114)(H,88,115)/t52?,53?,54?,55?,56?,57?,58-,59-,60+,61-,62-,63-,64-,65-,66-,68?,108?,109?,110?,111?/m1/s1. The maximum absolute atomic E-state index is 13.2. The number of amides is 3. The molecule has 115 heavy (non-hydrogen) atoms. The highest BCUT2D eigenvalue weighted by molar-refractivity contribution is 8.45. The molecule has 39 nitrogen and oxygen atoms in total. The third kappa shape index (κ3) is 44.4. The molecule has 47 heteroatoms. The molecule has 4 rings (SSSR count). The van der Waals surface area contributed by atoms with Gasteiger partial charge in [0.05, 0.1) is 97.9 Å². The number of thiol groups is 4. The van der Waals surface area contributed by atoms with E-state index in [-0.39, 0.29) is 151 Å². The van der Waals surface area contributed by atoms with Crippen molar-refractivity contribution in [2.75, 3.05) is 139 Å². The van der Waals surface area contributed by atoms with E-state index in [9.17, 15) is 83.4 Å². The molecule has 0 aliphatic carbocycles. The minimum absolute atomic E-state index is 0.0402. The predicted molar refractivity (Wildman–Crippen MR) is 424 cm³/mol. The van der Waals surface area contributed by atoms with E-state index >= 15 is 0 Å². The van der Waals surface area contributed by atoms with Crippen LogP contribution in [0.1, 0.15) is 135 Å². The van der Waals surface area contributed by atoms with Crippen molar-refractivity contribution in [3.05, 3.63) is 35.9 Å². The number of aliphatic hydroxyl groups is 9. The zero-order chi connectivity index (χ0) is 84.7. The molecule has 0 aromatic heterocycles. The minimum atomic E-state index is -4.18. The Bertz CT molecular complexity index is 2820. The summed E-state index contributed by atoms with van der Waals surface area (Å²) in [5.74, 6) is -1.44. The number of carbonyl (C=O) groups is 4. The van der Waals surface area contributed by atoms with Crippen molar-refractivity contribution < 1.29 is 172 Å². The number of ether oxygens (including phenoxy) is 11. The van der Waals surface area contributed by atoms with Crippen LogP contribution < -0.4 is 16.0 Å². The first-order valence-electron chi connectivity index (χ1n) is 38.3. The smallest absolute Gasteiger partial charge is 0.429 e. The molecule has 19 atom stereocenters. The van der Waals surface area contributed by atoms with Crippen LogP contribution in [-0.2, 0) is 128 Å². The monoisotopic (exact) mass is 1810 g/mol. The summed E-state index contributed by atoms with van der Waals surface area (Å²) >= 11 is 16.4. The second-order valence-corrected chi connectivity index (χ2v) is 39.1. The van der Waals surface area contributed by atoms with Crippen LogP contribution in [0.3, 0.4) is 0 Å². The first-order valence-corrected chi connectivity index (χ1v) is 49.1. The quantitative estimate of drug-likeness (QED) is 0.0173. The van der Waals surface area contributed by atoms with Gasteiger partial charge >= 0.3 is 33.3 Å². The highest BCUT2D eigenvalue weighted by atomic mass is 32.7. The maximum atomic E-state index is 13.2. The molecule has 10 unspecified atom stereocenters. The summed E-state index contributed by atoms with van der Waals surface area (Å²) in [5, 5.41) is 98.8. The second kappa shape index (κ2) is 58.3. The van der Waals surface area contributed by atoms with Gasteiger partial charge in [-0.05, 0) is 88.4 Å². The van der Waals surface area contributed by atoms with E-state index in [1.54, 1.807) is 30.3 Å². The second-order valence-electron chi connectivity index (χ2n) is 27.5. The van der Waals surface area contributed by atoms with Gasteiger partial charge in [-0.2, -0.15) is 0 Å². The van der Waals surface area contributed by atoms with Crippen molar-refractivity contribution in [3.8, 4) is 0 Å². The van der Waals surface area contributed by atoms with Gasteiger partial charge in [0.1, 0.15) is 79.7 Å². The Kier molecular flexibility index (Phi) is 53.5. The molecule has 1 aromatic rings. The molecule has 0 spiro atoms. The Morgan fingerprint density at radius 3 is 0.930 bits per heavy atom. The average molecular weight is 1810 g/mol. The summed E-state index contributed by atoms with van der Waals surface area (Å²) in [5.41, 5.74) is -0.400. The van der Waals surface area contributed by atoms with E-state index in [0.717, 1.165) is 0 Å².